The average Bonchev–Trinajstić information content (AvgIpc) is 2.67. The third-order valence-corrected chi connectivity index (χ3v) is 5.73. The van der Waals surface area contributed by atoms with Gasteiger partial charge in [-0.15, -0.1) is 0 Å². The standard InChI is InChI=1S/C23H29FN2O2/c1-15-10-20(11-16(2)26(15)14-18-8-6-5-7-9-18)25-22-13-19(24)12-21(17(22)3)23(27)28-4/h5-9,12-13,15-16,20,25H,10-11,14H2,1-4H3/t15-,16+,20?. The van der Waals surface area contributed by atoms with Crippen molar-refractivity contribution in [2.75, 3.05) is 12.4 Å². The van der Waals surface area contributed by atoms with Crippen molar-refractivity contribution in [3.05, 3.63) is 65.0 Å². The Morgan fingerprint density at radius 1 is 1.18 bits per heavy atom. The molecule has 1 aliphatic heterocycles. The molecule has 1 fully saturated rings. The number of esters is 1. The van der Waals surface area contributed by atoms with Crippen LogP contribution in [0.25, 0.3) is 0 Å². The van der Waals surface area contributed by atoms with Crippen LogP contribution in [0, 0.1) is 12.7 Å². The highest BCUT2D eigenvalue weighted by Gasteiger charge is 2.31. The first-order valence-electron chi connectivity index (χ1n) is 9.83. The van der Waals surface area contributed by atoms with E-state index in [1.165, 1.54) is 24.8 Å². The fraction of sp³-hybridized carbons (Fsp3) is 0.435. The van der Waals surface area contributed by atoms with E-state index in [0.717, 1.165) is 24.9 Å². The molecule has 1 unspecified atom stereocenters. The number of methoxy groups -OCH3 is 1. The topological polar surface area (TPSA) is 41.6 Å². The smallest absolute Gasteiger partial charge is 0.338 e. The molecule has 2 aromatic carbocycles. The van der Waals surface area contributed by atoms with Gasteiger partial charge >= 0.3 is 5.97 Å². The zero-order valence-corrected chi connectivity index (χ0v) is 17.0. The van der Waals surface area contributed by atoms with E-state index in [4.69, 9.17) is 4.74 Å². The summed E-state index contributed by atoms with van der Waals surface area (Å²) in [5, 5.41) is 3.48. The molecule has 1 N–H and O–H groups in total. The number of nitrogens with zero attached hydrogens (tertiary/aromatic N) is 1. The molecule has 150 valence electrons. The van der Waals surface area contributed by atoms with Crippen LogP contribution in [-0.4, -0.2) is 36.1 Å². The Morgan fingerprint density at radius 3 is 2.43 bits per heavy atom. The Labute approximate surface area is 166 Å². The summed E-state index contributed by atoms with van der Waals surface area (Å²) in [7, 11) is 1.31. The van der Waals surface area contributed by atoms with Gasteiger partial charge in [0.2, 0.25) is 0 Å². The first kappa shape index (κ1) is 20.3. The Morgan fingerprint density at radius 2 is 1.82 bits per heavy atom. The van der Waals surface area contributed by atoms with E-state index >= 15 is 0 Å². The van der Waals surface area contributed by atoms with Crippen LogP contribution in [0.1, 0.15) is 48.2 Å². The Bertz CT molecular complexity index is 813. The van der Waals surface area contributed by atoms with Gasteiger partial charge in [-0.25, -0.2) is 9.18 Å². The van der Waals surface area contributed by atoms with Crippen molar-refractivity contribution in [3.63, 3.8) is 0 Å². The minimum Gasteiger partial charge on any atom is -0.465 e. The minimum absolute atomic E-state index is 0.225. The summed E-state index contributed by atoms with van der Waals surface area (Å²) in [6, 6.07) is 14.2. The lowest BCUT2D eigenvalue weighted by molar-refractivity contribution is 0.0599. The molecule has 3 rings (SSSR count). The summed E-state index contributed by atoms with van der Waals surface area (Å²) in [6.45, 7) is 7.24. The van der Waals surface area contributed by atoms with Crippen LogP contribution >= 0.6 is 0 Å². The van der Waals surface area contributed by atoms with Crippen molar-refractivity contribution >= 4 is 11.7 Å². The molecule has 5 heteroatoms. The summed E-state index contributed by atoms with van der Waals surface area (Å²) >= 11 is 0. The van der Waals surface area contributed by atoms with E-state index in [9.17, 15) is 9.18 Å². The molecule has 2 aromatic rings. The molecule has 4 nitrogen and oxygen atoms in total. The number of halogens is 1. The normalized spacial score (nSPS) is 22.7. The largest absolute Gasteiger partial charge is 0.465 e. The van der Waals surface area contributed by atoms with Crippen LogP contribution in [0.2, 0.25) is 0 Å². The van der Waals surface area contributed by atoms with Gasteiger partial charge in [0.15, 0.2) is 0 Å². The van der Waals surface area contributed by atoms with E-state index < -0.39 is 11.8 Å². The Balaban J connectivity index is 1.72. The fourth-order valence-electron chi connectivity index (χ4n) is 4.22. The number of benzene rings is 2. The second-order valence-corrected chi connectivity index (χ2v) is 7.79. The van der Waals surface area contributed by atoms with Crippen LogP contribution in [-0.2, 0) is 11.3 Å². The van der Waals surface area contributed by atoms with E-state index in [2.05, 4.69) is 48.3 Å². The number of nitrogens with one attached hydrogen (secondary N) is 1. The summed E-state index contributed by atoms with van der Waals surface area (Å²) in [6.07, 6.45) is 1.92. The number of piperidine rings is 1. The number of carbonyl (C=O) groups is 1. The molecule has 1 saturated heterocycles. The van der Waals surface area contributed by atoms with Crippen molar-refractivity contribution in [1.82, 2.24) is 4.90 Å². The number of carbonyl (C=O) groups excluding carboxylic acids is 1. The Hall–Kier alpha value is -2.40. The number of likely N-dealkylation sites (tertiary alicyclic amines) is 1. The molecular formula is C23H29FN2O2. The summed E-state index contributed by atoms with van der Waals surface area (Å²) < 4.78 is 18.8. The van der Waals surface area contributed by atoms with Crippen molar-refractivity contribution in [3.8, 4) is 0 Å². The van der Waals surface area contributed by atoms with Crippen molar-refractivity contribution in [1.29, 1.82) is 0 Å². The quantitative estimate of drug-likeness (QED) is 0.754. The Kier molecular flexibility index (Phi) is 6.35. The lowest BCUT2D eigenvalue weighted by Gasteiger charge is -2.43. The summed E-state index contributed by atoms with van der Waals surface area (Å²) in [5.41, 5.74) is 2.98. The maximum Gasteiger partial charge on any atom is 0.338 e. The van der Waals surface area contributed by atoms with Crippen LogP contribution in [0.3, 0.4) is 0 Å². The van der Waals surface area contributed by atoms with Gasteiger partial charge in [0.1, 0.15) is 5.82 Å². The SMILES string of the molecule is COC(=O)c1cc(F)cc(NC2C[C@@H](C)N(Cc3ccccc3)[C@@H](C)C2)c1C. The molecule has 28 heavy (non-hydrogen) atoms. The molecule has 0 spiro atoms. The first-order chi connectivity index (χ1) is 13.4. The van der Waals surface area contributed by atoms with Gasteiger partial charge in [-0.1, -0.05) is 30.3 Å². The molecule has 0 bridgehead atoms. The maximum atomic E-state index is 14.1. The van der Waals surface area contributed by atoms with E-state index in [0.29, 0.717) is 17.8 Å². The van der Waals surface area contributed by atoms with E-state index in [1.807, 2.05) is 13.0 Å². The van der Waals surface area contributed by atoms with Crippen LogP contribution in [0.15, 0.2) is 42.5 Å². The van der Waals surface area contributed by atoms with E-state index in [1.54, 1.807) is 0 Å². The summed E-state index contributed by atoms with van der Waals surface area (Å²) in [5.74, 6) is -0.949. The average molecular weight is 384 g/mol. The number of anilines is 1. The second-order valence-electron chi connectivity index (χ2n) is 7.79. The second kappa shape index (κ2) is 8.74. The van der Waals surface area contributed by atoms with Gasteiger partial charge < -0.3 is 10.1 Å². The molecule has 0 saturated carbocycles. The van der Waals surface area contributed by atoms with Crippen molar-refractivity contribution < 1.29 is 13.9 Å². The number of hydrogen-bond acceptors (Lipinski definition) is 4. The molecular weight excluding hydrogens is 355 g/mol. The number of hydrogen-bond donors (Lipinski definition) is 1. The highest BCUT2D eigenvalue weighted by molar-refractivity contribution is 5.92. The highest BCUT2D eigenvalue weighted by atomic mass is 19.1. The van der Waals surface area contributed by atoms with Crippen LogP contribution in [0.5, 0.6) is 0 Å². The van der Waals surface area contributed by atoms with Crippen molar-refractivity contribution in [2.24, 2.45) is 0 Å². The number of ether oxygens (including phenoxy) is 1. The van der Waals surface area contributed by atoms with Gasteiger partial charge in [-0.05, 0) is 56.9 Å². The van der Waals surface area contributed by atoms with E-state index in [-0.39, 0.29) is 11.6 Å². The lowest BCUT2D eigenvalue weighted by atomic mass is 9.91. The zero-order chi connectivity index (χ0) is 20.3. The van der Waals surface area contributed by atoms with Gasteiger partial charge in [0.25, 0.3) is 0 Å². The third-order valence-electron chi connectivity index (χ3n) is 5.73. The third kappa shape index (κ3) is 4.53. The minimum atomic E-state index is -0.514. The predicted octanol–water partition coefficient (Wildman–Crippen LogP) is 4.77. The monoisotopic (exact) mass is 384 g/mol. The zero-order valence-electron chi connectivity index (χ0n) is 17.0. The fourth-order valence-corrected chi connectivity index (χ4v) is 4.22. The number of rotatable bonds is 5. The maximum absolute atomic E-state index is 14.1. The lowest BCUT2D eigenvalue weighted by Crippen LogP contribution is -2.49. The summed E-state index contributed by atoms with van der Waals surface area (Å²) in [4.78, 5) is 14.4. The van der Waals surface area contributed by atoms with Gasteiger partial charge in [0.05, 0.1) is 12.7 Å². The first-order valence-corrected chi connectivity index (χ1v) is 9.83. The molecule has 3 atom stereocenters. The predicted molar refractivity (Wildman–Crippen MR) is 110 cm³/mol. The molecule has 1 aliphatic rings. The molecule has 1 heterocycles. The molecule has 0 amide bonds. The van der Waals surface area contributed by atoms with Crippen LogP contribution < -0.4 is 5.32 Å². The van der Waals surface area contributed by atoms with Gasteiger partial charge in [-0.2, -0.15) is 0 Å². The van der Waals surface area contributed by atoms with Gasteiger partial charge in [0, 0.05) is 30.4 Å². The van der Waals surface area contributed by atoms with Crippen LogP contribution in [0.4, 0.5) is 10.1 Å². The molecule has 0 aliphatic carbocycles. The molecule has 0 radical (unpaired) electrons. The highest BCUT2D eigenvalue weighted by Crippen LogP contribution is 2.29. The molecule has 0 aromatic heterocycles. The van der Waals surface area contributed by atoms with Crippen molar-refractivity contribution in [2.45, 2.75) is 58.3 Å². The van der Waals surface area contributed by atoms with Gasteiger partial charge in [-0.3, -0.25) is 4.90 Å².